The monoisotopic (exact) mass is 296 g/mol. The van der Waals surface area contributed by atoms with Gasteiger partial charge in [-0.25, -0.2) is 0 Å². The molecular weight excluding hydrogens is 280 g/mol. The molecule has 1 rings (SSSR count). The van der Waals surface area contributed by atoms with E-state index in [1.807, 2.05) is 0 Å². The first kappa shape index (κ1) is 16.5. The lowest BCUT2D eigenvalue weighted by Gasteiger charge is -2.20. The van der Waals surface area contributed by atoms with Gasteiger partial charge in [-0.05, 0) is 24.6 Å². The van der Waals surface area contributed by atoms with E-state index in [4.69, 9.17) is 20.1 Å². The molecule has 0 heterocycles. The molecule has 0 spiro atoms. The van der Waals surface area contributed by atoms with Crippen LogP contribution in [0.1, 0.15) is 24.8 Å². The van der Waals surface area contributed by atoms with Crippen molar-refractivity contribution < 1.29 is 34.4 Å². The minimum absolute atomic E-state index is 0.329. The summed E-state index contributed by atoms with van der Waals surface area (Å²) in [5, 5.41) is 26.9. The summed E-state index contributed by atoms with van der Waals surface area (Å²) >= 11 is 0. The molecule has 0 saturated heterocycles. The number of benzene rings is 1. The van der Waals surface area contributed by atoms with Crippen molar-refractivity contribution in [1.82, 2.24) is 0 Å². The maximum Gasteiger partial charge on any atom is 0.318 e. The molecule has 1 atom stereocenters. The number of carboxylic acids is 3. The average molecular weight is 296 g/mol. The quantitative estimate of drug-likeness (QED) is 0.620. The molecule has 0 fully saturated rings. The van der Waals surface area contributed by atoms with E-state index < -0.39 is 36.2 Å². The molecule has 0 saturated carbocycles. The fourth-order valence-corrected chi connectivity index (χ4v) is 2.04. The third kappa shape index (κ3) is 4.48. The molecule has 1 aromatic carbocycles. The number of ether oxygens (including phenoxy) is 1. The van der Waals surface area contributed by atoms with Gasteiger partial charge in [0.1, 0.15) is 5.75 Å². The average Bonchev–Trinajstić information content (AvgIpc) is 2.38. The highest BCUT2D eigenvalue weighted by Gasteiger charge is 2.37. The van der Waals surface area contributed by atoms with Crippen molar-refractivity contribution in [2.45, 2.75) is 19.3 Å². The van der Waals surface area contributed by atoms with Crippen molar-refractivity contribution in [3.05, 3.63) is 29.8 Å². The zero-order valence-corrected chi connectivity index (χ0v) is 11.4. The second-order valence-corrected chi connectivity index (χ2v) is 4.36. The topological polar surface area (TPSA) is 121 Å². The molecule has 0 aliphatic rings. The summed E-state index contributed by atoms with van der Waals surface area (Å²) in [6, 6.07) is 6.07. The molecule has 1 aromatic rings. The van der Waals surface area contributed by atoms with Gasteiger partial charge in [0.2, 0.25) is 0 Å². The van der Waals surface area contributed by atoms with Crippen LogP contribution in [-0.4, -0.2) is 39.8 Å². The second kappa shape index (κ2) is 7.28. The van der Waals surface area contributed by atoms with Crippen molar-refractivity contribution in [3.63, 3.8) is 0 Å². The highest BCUT2D eigenvalue weighted by atomic mass is 16.5. The van der Waals surface area contributed by atoms with E-state index in [1.165, 1.54) is 12.1 Å². The molecule has 1 unspecified atom stereocenters. The summed E-state index contributed by atoms with van der Waals surface area (Å²) in [5.41, 5.74) is 0.329. The Bertz CT molecular complexity index is 507. The number of rotatable bonds is 8. The Morgan fingerprint density at radius 3 is 1.95 bits per heavy atom. The fourth-order valence-electron chi connectivity index (χ4n) is 2.04. The molecule has 21 heavy (non-hydrogen) atoms. The normalized spacial score (nSPS) is 11.9. The largest absolute Gasteiger partial charge is 0.494 e. The fraction of sp³-hybridized carbons (Fsp3) is 0.357. The van der Waals surface area contributed by atoms with Crippen LogP contribution in [0.25, 0.3) is 0 Å². The minimum atomic E-state index is -1.82. The van der Waals surface area contributed by atoms with E-state index in [1.54, 1.807) is 19.1 Å². The Kier molecular flexibility index (Phi) is 5.71. The first-order valence-electron chi connectivity index (χ1n) is 6.27. The van der Waals surface area contributed by atoms with Crippen LogP contribution in [0.2, 0.25) is 0 Å². The van der Waals surface area contributed by atoms with E-state index in [2.05, 4.69) is 0 Å². The molecule has 0 bridgehead atoms. The van der Waals surface area contributed by atoms with E-state index >= 15 is 0 Å². The standard InChI is InChI=1S/C14H16O7/c1-2-21-9-5-3-8(4-6-9)10(7-11(15)16)12(13(17)18)14(19)20/h3-6,10,12H,2,7H2,1H3,(H,15,16)(H,17,18)(H,19,20). The highest BCUT2D eigenvalue weighted by molar-refractivity contribution is 5.94. The first-order valence-corrected chi connectivity index (χ1v) is 6.27. The lowest BCUT2D eigenvalue weighted by molar-refractivity contribution is -0.156. The van der Waals surface area contributed by atoms with Crippen molar-refractivity contribution in [2.75, 3.05) is 6.61 Å². The summed E-state index contributed by atoms with van der Waals surface area (Å²) in [6.07, 6.45) is -0.586. The number of carboxylic acid groups (broad SMARTS) is 3. The number of hydrogen-bond donors (Lipinski definition) is 3. The van der Waals surface area contributed by atoms with Crippen molar-refractivity contribution in [2.24, 2.45) is 5.92 Å². The third-order valence-corrected chi connectivity index (χ3v) is 2.95. The summed E-state index contributed by atoms with van der Waals surface area (Å²) in [5.74, 6) is -6.84. The van der Waals surface area contributed by atoms with Gasteiger partial charge in [-0.3, -0.25) is 14.4 Å². The Morgan fingerprint density at radius 1 is 1.05 bits per heavy atom. The van der Waals surface area contributed by atoms with Crippen LogP contribution in [0.3, 0.4) is 0 Å². The second-order valence-electron chi connectivity index (χ2n) is 4.36. The molecule has 7 heteroatoms. The number of hydrogen-bond acceptors (Lipinski definition) is 4. The van der Waals surface area contributed by atoms with E-state index in [9.17, 15) is 14.4 Å². The molecule has 0 amide bonds. The number of aliphatic carboxylic acids is 3. The summed E-state index contributed by atoms with van der Waals surface area (Å²) in [7, 11) is 0. The summed E-state index contributed by atoms with van der Waals surface area (Å²) in [4.78, 5) is 33.1. The Hall–Kier alpha value is -2.57. The van der Waals surface area contributed by atoms with Crippen LogP contribution >= 0.6 is 0 Å². The van der Waals surface area contributed by atoms with Gasteiger partial charge in [0.25, 0.3) is 0 Å². The van der Waals surface area contributed by atoms with E-state index in [0.717, 1.165) is 0 Å². The molecule has 7 nitrogen and oxygen atoms in total. The zero-order chi connectivity index (χ0) is 16.0. The predicted molar refractivity (Wildman–Crippen MR) is 71.4 cm³/mol. The van der Waals surface area contributed by atoms with Gasteiger partial charge in [0, 0.05) is 5.92 Å². The van der Waals surface area contributed by atoms with Crippen LogP contribution in [0, 0.1) is 5.92 Å². The van der Waals surface area contributed by atoms with Crippen LogP contribution in [0.4, 0.5) is 0 Å². The van der Waals surface area contributed by atoms with Crippen molar-refractivity contribution in [1.29, 1.82) is 0 Å². The van der Waals surface area contributed by atoms with Gasteiger partial charge >= 0.3 is 17.9 Å². The molecule has 114 valence electrons. The first-order chi connectivity index (χ1) is 9.86. The van der Waals surface area contributed by atoms with Gasteiger partial charge in [-0.1, -0.05) is 12.1 Å². The van der Waals surface area contributed by atoms with Gasteiger partial charge in [-0.2, -0.15) is 0 Å². The third-order valence-electron chi connectivity index (χ3n) is 2.95. The minimum Gasteiger partial charge on any atom is -0.494 e. The maximum absolute atomic E-state index is 11.1. The summed E-state index contributed by atoms with van der Waals surface area (Å²) < 4.78 is 5.23. The zero-order valence-electron chi connectivity index (χ0n) is 11.4. The molecule has 0 aromatic heterocycles. The van der Waals surface area contributed by atoms with E-state index in [-0.39, 0.29) is 0 Å². The smallest absolute Gasteiger partial charge is 0.318 e. The lowest BCUT2D eigenvalue weighted by Crippen LogP contribution is -2.31. The molecule has 0 aliphatic heterocycles. The molecule has 3 N–H and O–H groups in total. The maximum atomic E-state index is 11.1. The SMILES string of the molecule is CCOc1ccc(C(CC(=O)O)C(C(=O)O)C(=O)O)cc1. The molecular formula is C14H16O7. The van der Waals surface area contributed by atoms with Crippen LogP contribution in [-0.2, 0) is 14.4 Å². The van der Waals surface area contributed by atoms with Crippen LogP contribution < -0.4 is 4.74 Å². The molecule has 0 aliphatic carbocycles. The molecule has 0 radical (unpaired) electrons. The van der Waals surface area contributed by atoms with Crippen molar-refractivity contribution >= 4 is 17.9 Å². The Morgan fingerprint density at radius 2 is 1.57 bits per heavy atom. The van der Waals surface area contributed by atoms with Gasteiger partial charge in [0.15, 0.2) is 5.92 Å². The van der Waals surface area contributed by atoms with Gasteiger partial charge in [-0.15, -0.1) is 0 Å². The Labute approximate surface area is 120 Å². The lowest BCUT2D eigenvalue weighted by atomic mass is 9.83. The van der Waals surface area contributed by atoms with Gasteiger partial charge in [0.05, 0.1) is 13.0 Å². The predicted octanol–water partition coefficient (Wildman–Crippen LogP) is 1.43. The van der Waals surface area contributed by atoms with Crippen molar-refractivity contribution in [3.8, 4) is 5.75 Å². The van der Waals surface area contributed by atoms with Crippen LogP contribution in [0.5, 0.6) is 5.75 Å². The van der Waals surface area contributed by atoms with E-state index in [0.29, 0.717) is 17.9 Å². The highest BCUT2D eigenvalue weighted by Crippen LogP contribution is 2.30. The van der Waals surface area contributed by atoms with Gasteiger partial charge < -0.3 is 20.1 Å². The van der Waals surface area contributed by atoms with Crippen LogP contribution in [0.15, 0.2) is 24.3 Å². The Balaban J connectivity index is 3.14. The number of carbonyl (C=O) groups is 3. The summed E-state index contributed by atoms with van der Waals surface area (Å²) in [6.45, 7) is 2.25.